The van der Waals surface area contributed by atoms with E-state index in [2.05, 4.69) is 5.32 Å². The van der Waals surface area contributed by atoms with Crippen molar-refractivity contribution in [2.24, 2.45) is 0 Å². The SMILES string of the molecule is CC.CNC(=O)c1cccc(B(O)O)c1F. The summed E-state index contributed by atoms with van der Waals surface area (Å²) in [5.74, 6) is -1.52. The molecule has 0 spiro atoms. The van der Waals surface area contributed by atoms with Crippen LogP contribution in [0.5, 0.6) is 0 Å². The highest BCUT2D eigenvalue weighted by Gasteiger charge is 2.20. The molecule has 0 aliphatic rings. The molecule has 0 unspecified atom stereocenters. The molecule has 0 saturated heterocycles. The van der Waals surface area contributed by atoms with Crippen molar-refractivity contribution in [1.82, 2.24) is 5.32 Å². The summed E-state index contributed by atoms with van der Waals surface area (Å²) in [6, 6.07) is 3.84. The Labute approximate surface area is 94.3 Å². The molecule has 1 aromatic rings. The Balaban J connectivity index is 0.00000106. The molecule has 0 saturated carbocycles. The van der Waals surface area contributed by atoms with Crippen LogP contribution in [-0.2, 0) is 0 Å². The summed E-state index contributed by atoms with van der Waals surface area (Å²) in [4.78, 5) is 11.1. The van der Waals surface area contributed by atoms with Crippen LogP contribution in [0, 0.1) is 5.82 Å². The van der Waals surface area contributed by atoms with Crippen LogP contribution in [0.2, 0.25) is 0 Å². The van der Waals surface area contributed by atoms with Crippen LogP contribution in [0.15, 0.2) is 18.2 Å². The Morgan fingerprint density at radius 1 is 1.38 bits per heavy atom. The summed E-state index contributed by atoms with van der Waals surface area (Å²) < 4.78 is 13.4. The molecule has 3 N–H and O–H groups in total. The minimum absolute atomic E-state index is 0.210. The maximum absolute atomic E-state index is 13.4. The van der Waals surface area contributed by atoms with Crippen molar-refractivity contribution in [3.05, 3.63) is 29.6 Å². The van der Waals surface area contributed by atoms with Gasteiger partial charge < -0.3 is 15.4 Å². The minimum atomic E-state index is -1.92. The molecule has 1 aromatic carbocycles. The third-order valence-corrected chi connectivity index (χ3v) is 1.78. The van der Waals surface area contributed by atoms with Crippen LogP contribution in [-0.4, -0.2) is 30.1 Å². The van der Waals surface area contributed by atoms with E-state index in [0.29, 0.717) is 0 Å². The largest absolute Gasteiger partial charge is 0.491 e. The summed E-state index contributed by atoms with van der Waals surface area (Å²) >= 11 is 0. The number of amides is 1. The lowest BCUT2D eigenvalue weighted by molar-refractivity contribution is 0.0959. The highest BCUT2D eigenvalue weighted by atomic mass is 19.1. The zero-order chi connectivity index (χ0) is 12.7. The second-order valence-corrected chi connectivity index (χ2v) is 2.66. The van der Waals surface area contributed by atoms with E-state index in [0.717, 1.165) is 0 Å². The summed E-state index contributed by atoms with van der Waals surface area (Å²) in [6.07, 6.45) is 0. The number of benzene rings is 1. The van der Waals surface area contributed by atoms with Gasteiger partial charge in [0.05, 0.1) is 5.56 Å². The minimum Gasteiger partial charge on any atom is -0.423 e. The molecule has 0 heterocycles. The lowest BCUT2D eigenvalue weighted by atomic mass is 9.79. The van der Waals surface area contributed by atoms with Crippen molar-refractivity contribution in [2.45, 2.75) is 13.8 Å². The molecule has 4 nitrogen and oxygen atoms in total. The first kappa shape index (κ1) is 14.6. The fourth-order valence-electron chi connectivity index (χ4n) is 1.06. The molecule has 0 fully saturated rings. The molecular formula is C10H15BFNO3. The standard InChI is InChI=1S/C8H9BFNO3.C2H6/c1-11-8(12)5-3-2-4-6(7(5)10)9(13)14;1-2/h2-4,13-14H,1H3,(H,11,12);1-2H3. The van der Waals surface area contributed by atoms with Crippen LogP contribution < -0.4 is 10.8 Å². The topological polar surface area (TPSA) is 69.6 Å². The van der Waals surface area contributed by atoms with E-state index in [9.17, 15) is 9.18 Å². The molecule has 0 bridgehead atoms. The highest BCUT2D eigenvalue weighted by molar-refractivity contribution is 6.58. The van der Waals surface area contributed by atoms with Crippen LogP contribution in [0.3, 0.4) is 0 Å². The summed E-state index contributed by atoms with van der Waals surface area (Å²) in [7, 11) is -0.552. The van der Waals surface area contributed by atoms with Gasteiger partial charge in [0.1, 0.15) is 5.82 Å². The van der Waals surface area contributed by atoms with Crippen LogP contribution in [0.25, 0.3) is 0 Å². The third kappa shape index (κ3) is 3.32. The van der Waals surface area contributed by atoms with Gasteiger partial charge >= 0.3 is 7.12 Å². The fourth-order valence-corrected chi connectivity index (χ4v) is 1.06. The van der Waals surface area contributed by atoms with E-state index in [4.69, 9.17) is 10.0 Å². The number of nitrogens with one attached hydrogen (secondary N) is 1. The van der Waals surface area contributed by atoms with E-state index >= 15 is 0 Å². The van der Waals surface area contributed by atoms with E-state index < -0.39 is 18.8 Å². The number of carbonyl (C=O) groups excluding carboxylic acids is 1. The van der Waals surface area contributed by atoms with Gasteiger partial charge in [-0.1, -0.05) is 26.0 Å². The lowest BCUT2D eigenvalue weighted by Gasteiger charge is -2.05. The average Bonchev–Trinajstić information content (AvgIpc) is 2.30. The number of hydrogen-bond donors (Lipinski definition) is 3. The number of hydrogen-bond acceptors (Lipinski definition) is 3. The molecule has 0 aliphatic carbocycles. The lowest BCUT2D eigenvalue weighted by Crippen LogP contribution is -2.35. The predicted octanol–water partition coefficient (Wildman–Crippen LogP) is -0.109. The zero-order valence-corrected chi connectivity index (χ0v) is 9.49. The Morgan fingerprint density at radius 3 is 2.38 bits per heavy atom. The summed E-state index contributed by atoms with van der Waals surface area (Å²) in [6.45, 7) is 4.00. The van der Waals surface area contributed by atoms with Crippen LogP contribution in [0.1, 0.15) is 24.2 Å². The Kier molecular flexibility index (Phi) is 6.37. The molecule has 88 valence electrons. The van der Waals surface area contributed by atoms with E-state index in [1.807, 2.05) is 13.8 Å². The predicted molar refractivity (Wildman–Crippen MR) is 61.0 cm³/mol. The molecule has 0 aliphatic heterocycles. The second-order valence-electron chi connectivity index (χ2n) is 2.66. The van der Waals surface area contributed by atoms with Crippen molar-refractivity contribution in [1.29, 1.82) is 0 Å². The monoisotopic (exact) mass is 227 g/mol. The van der Waals surface area contributed by atoms with Crippen LogP contribution in [0.4, 0.5) is 4.39 Å². The van der Waals surface area contributed by atoms with E-state index in [1.54, 1.807) is 0 Å². The molecule has 0 aromatic heterocycles. The summed E-state index contributed by atoms with van der Waals surface area (Å²) in [5, 5.41) is 19.8. The highest BCUT2D eigenvalue weighted by Crippen LogP contribution is 2.04. The first-order chi connectivity index (χ1) is 7.57. The van der Waals surface area contributed by atoms with Gasteiger partial charge in [-0.25, -0.2) is 4.39 Å². The zero-order valence-electron chi connectivity index (χ0n) is 9.49. The van der Waals surface area contributed by atoms with Crippen molar-refractivity contribution in [2.75, 3.05) is 7.05 Å². The van der Waals surface area contributed by atoms with Gasteiger partial charge in [-0.3, -0.25) is 4.79 Å². The maximum Gasteiger partial charge on any atom is 0.491 e. The van der Waals surface area contributed by atoms with Crippen molar-refractivity contribution >= 4 is 18.5 Å². The number of halogens is 1. The Hall–Kier alpha value is -1.40. The molecular weight excluding hydrogens is 212 g/mol. The second kappa shape index (κ2) is 6.97. The Bertz CT molecular complexity index is 358. The van der Waals surface area contributed by atoms with Gasteiger partial charge in [0.15, 0.2) is 0 Å². The van der Waals surface area contributed by atoms with Gasteiger partial charge in [-0.2, -0.15) is 0 Å². The van der Waals surface area contributed by atoms with Gasteiger partial charge in [-0.05, 0) is 6.07 Å². The van der Waals surface area contributed by atoms with Gasteiger partial charge in [0, 0.05) is 12.5 Å². The molecule has 0 radical (unpaired) electrons. The van der Waals surface area contributed by atoms with Crippen LogP contribution >= 0.6 is 0 Å². The van der Waals surface area contributed by atoms with Crippen molar-refractivity contribution in [3.63, 3.8) is 0 Å². The first-order valence-corrected chi connectivity index (χ1v) is 4.94. The first-order valence-electron chi connectivity index (χ1n) is 4.94. The molecule has 6 heteroatoms. The average molecular weight is 227 g/mol. The van der Waals surface area contributed by atoms with Gasteiger partial charge in [0.25, 0.3) is 5.91 Å². The van der Waals surface area contributed by atoms with Crippen molar-refractivity contribution < 1.29 is 19.2 Å². The maximum atomic E-state index is 13.4. The molecule has 16 heavy (non-hydrogen) atoms. The van der Waals surface area contributed by atoms with E-state index in [-0.39, 0.29) is 11.0 Å². The van der Waals surface area contributed by atoms with Gasteiger partial charge in [-0.15, -0.1) is 0 Å². The van der Waals surface area contributed by atoms with Gasteiger partial charge in [0.2, 0.25) is 0 Å². The number of rotatable bonds is 2. The molecule has 1 rings (SSSR count). The van der Waals surface area contributed by atoms with Crippen molar-refractivity contribution in [3.8, 4) is 0 Å². The summed E-state index contributed by atoms with van der Waals surface area (Å²) in [5.41, 5.74) is -0.524. The normalized spacial score (nSPS) is 8.88. The third-order valence-electron chi connectivity index (χ3n) is 1.78. The Morgan fingerprint density at radius 2 is 1.94 bits per heavy atom. The van der Waals surface area contributed by atoms with E-state index in [1.165, 1.54) is 25.2 Å². The fraction of sp³-hybridized carbons (Fsp3) is 0.300. The molecule has 0 atom stereocenters. The smallest absolute Gasteiger partial charge is 0.423 e. The number of carbonyl (C=O) groups is 1. The quantitative estimate of drug-likeness (QED) is 0.617. The molecule has 1 amide bonds.